The molecule has 0 saturated carbocycles. The van der Waals surface area contributed by atoms with Crippen LogP contribution in [0.1, 0.15) is 16.1 Å². The third-order valence-electron chi connectivity index (χ3n) is 2.15. The molecule has 0 aliphatic rings. The van der Waals surface area contributed by atoms with E-state index in [0.717, 1.165) is 0 Å². The lowest BCUT2D eigenvalue weighted by molar-refractivity contribution is 0.102. The van der Waals surface area contributed by atoms with Gasteiger partial charge in [0.2, 0.25) is 5.95 Å². The maximum Gasteiger partial charge on any atom is 0.258 e. The van der Waals surface area contributed by atoms with E-state index in [1.807, 2.05) is 0 Å². The van der Waals surface area contributed by atoms with Crippen LogP contribution >= 0.6 is 11.6 Å². The lowest BCUT2D eigenvalue weighted by Gasteiger charge is -2.04. The van der Waals surface area contributed by atoms with Gasteiger partial charge in [-0.05, 0) is 37.3 Å². The first-order chi connectivity index (χ1) is 8.54. The molecule has 1 N–H and O–H groups in total. The molecule has 0 unspecified atom stereocenters. The van der Waals surface area contributed by atoms with Gasteiger partial charge < -0.3 is 0 Å². The highest BCUT2D eigenvalue weighted by Crippen LogP contribution is 2.11. The predicted molar refractivity (Wildman–Crippen MR) is 66.1 cm³/mol. The molecular weight excluding hydrogens is 257 g/mol. The molecule has 0 atom stereocenters. The molecule has 1 heterocycles. The lowest BCUT2D eigenvalue weighted by atomic mass is 10.2. The van der Waals surface area contributed by atoms with Crippen molar-refractivity contribution in [3.8, 4) is 0 Å². The fourth-order valence-corrected chi connectivity index (χ4v) is 1.60. The summed E-state index contributed by atoms with van der Waals surface area (Å²) in [7, 11) is 0. The second-order valence-corrected chi connectivity index (χ2v) is 4.00. The zero-order chi connectivity index (χ0) is 13.1. The van der Waals surface area contributed by atoms with Gasteiger partial charge in [0, 0.05) is 11.3 Å². The highest BCUT2D eigenvalue weighted by Gasteiger charge is 2.08. The van der Waals surface area contributed by atoms with Crippen molar-refractivity contribution in [3.63, 3.8) is 0 Å². The number of hydrogen-bond donors (Lipinski definition) is 1. The van der Waals surface area contributed by atoms with Crippen molar-refractivity contribution in [2.75, 3.05) is 5.32 Å². The van der Waals surface area contributed by atoms with Crippen LogP contribution in [0.15, 0.2) is 30.3 Å². The quantitative estimate of drug-likeness (QED) is 0.850. The average molecular weight is 266 g/mol. The largest absolute Gasteiger partial charge is 0.290 e. The summed E-state index contributed by atoms with van der Waals surface area (Å²) < 4.78 is 12.7. The third kappa shape index (κ3) is 3.01. The zero-order valence-corrected chi connectivity index (χ0v) is 10.2. The van der Waals surface area contributed by atoms with E-state index in [9.17, 15) is 9.18 Å². The van der Waals surface area contributed by atoms with E-state index in [2.05, 4.69) is 15.3 Å². The standard InChI is InChI=1S/C12H9ClFN3O/c1-7-6-10(13)16-12(15-7)17-11(18)8-2-4-9(14)5-3-8/h2-6H,1H3,(H,15,16,17,18). The van der Waals surface area contributed by atoms with Crippen LogP contribution < -0.4 is 5.32 Å². The molecule has 1 aromatic carbocycles. The fraction of sp³-hybridized carbons (Fsp3) is 0.0833. The molecule has 0 aliphatic heterocycles. The summed E-state index contributed by atoms with van der Waals surface area (Å²) in [5, 5.41) is 2.74. The number of hydrogen-bond acceptors (Lipinski definition) is 3. The number of carbonyl (C=O) groups is 1. The maximum atomic E-state index is 12.7. The number of nitrogens with zero attached hydrogens (tertiary/aromatic N) is 2. The van der Waals surface area contributed by atoms with Gasteiger partial charge in [0.1, 0.15) is 11.0 Å². The monoisotopic (exact) mass is 265 g/mol. The Labute approximate surface area is 108 Å². The molecule has 18 heavy (non-hydrogen) atoms. The van der Waals surface area contributed by atoms with Crippen LogP contribution in [0.25, 0.3) is 0 Å². The lowest BCUT2D eigenvalue weighted by Crippen LogP contribution is -2.14. The van der Waals surface area contributed by atoms with E-state index in [4.69, 9.17) is 11.6 Å². The van der Waals surface area contributed by atoms with Gasteiger partial charge in [-0.25, -0.2) is 14.4 Å². The molecule has 2 aromatic rings. The van der Waals surface area contributed by atoms with Crippen LogP contribution in [-0.4, -0.2) is 15.9 Å². The minimum atomic E-state index is -0.420. The second-order valence-electron chi connectivity index (χ2n) is 3.62. The Morgan fingerprint density at radius 2 is 1.94 bits per heavy atom. The predicted octanol–water partition coefficient (Wildman–Crippen LogP) is 2.83. The molecule has 0 fully saturated rings. The summed E-state index contributed by atoms with van der Waals surface area (Å²) in [5.41, 5.74) is 0.960. The molecule has 0 spiro atoms. The van der Waals surface area contributed by atoms with Gasteiger partial charge in [0.25, 0.3) is 5.91 Å². The van der Waals surface area contributed by atoms with Crippen LogP contribution in [0.2, 0.25) is 5.15 Å². The molecule has 92 valence electrons. The van der Waals surface area contributed by atoms with Crippen LogP contribution in [0.5, 0.6) is 0 Å². The normalized spacial score (nSPS) is 10.2. The SMILES string of the molecule is Cc1cc(Cl)nc(NC(=O)c2ccc(F)cc2)n1. The molecule has 0 bridgehead atoms. The Balaban J connectivity index is 2.18. The van der Waals surface area contributed by atoms with Crippen molar-refractivity contribution >= 4 is 23.5 Å². The van der Waals surface area contributed by atoms with Crippen LogP contribution in [-0.2, 0) is 0 Å². The van der Waals surface area contributed by atoms with Crippen molar-refractivity contribution in [2.45, 2.75) is 6.92 Å². The van der Waals surface area contributed by atoms with Crippen molar-refractivity contribution in [1.82, 2.24) is 9.97 Å². The summed E-state index contributed by atoms with van der Waals surface area (Å²) in [4.78, 5) is 19.7. The highest BCUT2D eigenvalue weighted by atomic mass is 35.5. The summed E-state index contributed by atoms with van der Waals surface area (Å²) >= 11 is 5.75. The molecular formula is C12H9ClFN3O. The number of aryl methyl sites for hydroxylation is 1. The van der Waals surface area contributed by atoms with Gasteiger partial charge >= 0.3 is 0 Å². The van der Waals surface area contributed by atoms with Gasteiger partial charge in [-0.2, -0.15) is 0 Å². The molecule has 0 radical (unpaired) electrons. The van der Waals surface area contributed by atoms with E-state index in [0.29, 0.717) is 11.3 Å². The summed E-state index contributed by atoms with van der Waals surface area (Å²) in [6.07, 6.45) is 0. The van der Waals surface area contributed by atoms with E-state index in [-0.39, 0.29) is 11.1 Å². The first kappa shape index (κ1) is 12.4. The van der Waals surface area contributed by atoms with Gasteiger partial charge in [-0.1, -0.05) is 11.6 Å². The minimum Gasteiger partial charge on any atom is -0.290 e. The van der Waals surface area contributed by atoms with Crippen LogP contribution in [0.3, 0.4) is 0 Å². The number of rotatable bonds is 2. The Bertz CT molecular complexity index is 566. The Hall–Kier alpha value is -2.01. The Morgan fingerprint density at radius 1 is 1.28 bits per heavy atom. The van der Waals surface area contributed by atoms with E-state index < -0.39 is 11.7 Å². The van der Waals surface area contributed by atoms with Crippen LogP contribution in [0, 0.1) is 12.7 Å². The third-order valence-corrected chi connectivity index (χ3v) is 2.35. The first-order valence-electron chi connectivity index (χ1n) is 5.13. The highest BCUT2D eigenvalue weighted by molar-refractivity contribution is 6.29. The zero-order valence-electron chi connectivity index (χ0n) is 9.45. The van der Waals surface area contributed by atoms with E-state index >= 15 is 0 Å². The molecule has 1 aromatic heterocycles. The minimum absolute atomic E-state index is 0.120. The van der Waals surface area contributed by atoms with Gasteiger partial charge in [-0.15, -0.1) is 0 Å². The molecule has 0 saturated heterocycles. The van der Waals surface area contributed by atoms with Crippen molar-refractivity contribution in [2.24, 2.45) is 0 Å². The Morgan fingerprint density at radius 3 is 2.56 bits per heavy atom. The number of benzene rings is 1. The molecule has 2 rings (SSSR count). The molecule has 1 amide bonds. The fourth-order valence-electron chi connectivity index (χ4n) is 1.36. The van der Waals surface area contributed by atoms with Gasteiger partial charge in [0.05, 0.1) is 0 Å². The number of halogens is 2. The summed E-state index contributed by atoms with van der Waals surface area (Å²) in [5.74, 6) is -0.701. The van der Waals surface area contributed by atoms with Gasteiger partial charge in [-0.3, -0.25) is 10.1 Å². The number of nitrogens with one attached hydrogen (secondary N) is 1. The number of aromatic nitrogens is 2. The van der Waals surface area contributed by atoms with E-state index in [1.165, 1.54) is 24.3 Å². The van der Waals surface area contributed by atoms with Crippen molar-refractivity contribution in [1.29, 1.82) is 0 Å². The average Bonchev–Trinajstić information content (AvgIpc) is 2.28. The summed E-state index contributed by atoms with van der Waals surface area (Å²) in [6, 6.07) is 6.75. The second kappa shape index (κ2) is 5.10. The van der Waals surface area contributed by atoms with Crippen LogP contribution in [0.4, 0.5) is 10.3 Å². The van der Waals surface area contributed by atoms with E-state index in [1.54, 1.807) is 13.0 Å². The molecule has 0 aliphatic carbocycles. The summed E-state index contributed by atoms with van der Waals surface area (Å²) in [6.45, 7) is 1.74. The topological polar surface area (TPSA) is 54.9 Å². The van der Waals surface area contributed by atoms with Crippen molar-refractivity contribution in [3.05, 3.63) is 52.6 Å². The Kier molecular flexibility index (Phi) is 3.53. The molecule has 6 heteroatoms. The first-order valence-corrected chi connectivity index (χ1v) is 5.50. The maximum absolute atomic E-state index is 12.7. The van der Waals surface area contributed by atoms with Crippen molar-refractivity contribution < 1.29 is 9.18 Å². The van der Waals surface area contributed by atoms with Gasteiger partial charge in [0.15, 0.2) is 0 Å². The number of amides is 1. The molecule has 4 nitrogen and oxygen atoms in total. The number of anilines is 1. The number of carbonyl (C=O) groups excluding carboxylic acids is 1. The smallest absolute Gasteiger partial charge is 0.258 e.